The molecule has 3 heterocycles. The maximum absolute atomic E-state index is 2.48. The Balaban J connectivity index is 0.864. The van der Waals surface area contributed by atoms with E-state index in [4.69, 9.17) is 0 Å². The zero-order chi connectivity index (χ0) is 54.2. The lowest BCUT2D eigenvalue weighted by Crippen LogP contribution is -2.10. The zero-order valence-electron chi connectivity index (χ0n) is 45.3. The second kappa shape index (κ2) is 17.9. The Morgan fingerprint density at radius 3 is 0.963 bits per heavy atom. The van der Waals surface area contributed by atoms with Crippen LogP contribution in [0.2, 0.25) is 0 Å². The lowest BCUT2D eigenvalue weighted by Gasteiger charge is -2.26. The highest BCUT2D eigenvalue weighted by atomic mass is 15.1. The molecule has 0 aliphatic carbocycles. The monoisotopic (exact) mass is 1040 g/mol. The molecule has 0 fully saturated rings. The summed E-state index contributed by atoms with van der Waals surface area (Å²) < 4.78 is 7.44. The summed E-state index contributed by atoms with van der Waals surface area (Å²) in [4.78, 5) is 2.41. The Labute approximate surface area is 473 Å². The molecule has 0 saturated carbocycles. The molecule has 0 aliphatic rings. The topological polar surface area (TPSA) is 18.0 Å². The van der Waals surface area contributed by atoms with Gasteiger partial charge in [-0.3, -0.25) is 0 Å². The molecule has 0 saturated heterocycles. The number of hydrogen-bond acceptors (Lipinski definition) is 1. The predicted molar refractivity (Wildman–Crippen MR) is 351 cm³/mol. The van der Waals surface area contributed by atoms with Crippen LogP contribution in [-0.2, 0) is 0 Å². The van der Waals surface area contributed by atoms with E-state index in [2.05, 4.69) is 312 Å². The van der Waals surface area contributed by atoms with Crippen LogP contribution in [0.1, 0.15) is 18.1 Å². The Bertz CT molecular complexity index is 5280. The van der Waals surface area contributed by atoms with Crippen LogP contribution in [-0.4, -0.2) is 13.7 Å². The van der Waals surface area contributed by atoms with Crippen LogP contribution in [0, 0.1) is 6.92 Å². The average Bonchev–Trinajstić information content (AvgIpc) is 3.87. The van der Waals surface area contributed by atoms with Crippen LogP contribution in [0.3, 0.4) is 0 Å². The summed E-state index contributed by atoms with van der Waals surface area (Å²) in [5, 5.41) is 20.0. The summed E-state index contributed by atoms with van der Waals surface area (Å²) in [6, 6.07) is 99.1. The molecule has 0 spiro atoms. The quantitative estimate of drug-likeness (QED) is 0.156. The van der Waals surface area contributed by atoms with Crippen molar-refractivity contribution < 1.29 is 0 Å². The Hall–Kier alpha value is -10.7. The van der Waals surface area contributed by atoms with Crippen LogP contribution in [0.25, 0.3) is 142 Å². The number of hydrogen-bond donors (Lipinski definition) is 0. The maximum Gasteiger partial charge on any atom is 0.0619 e. The molecule has 0 atom stereocenters. The number of allylic oxidation sites excluding steroid dienone is 1. The minimum Gasteiger partial charge on any atom is -0.310 e. The minimum atomic E-state index is 1.06. The minimum absolute atomic E-state index is 1.06. The van der Waals surface area contributed by atoms with Gasteiger partial charge in [0.2, 0.25) is 0 Å². The third kappa shape index (κ3) is 6.73. The first kappa shape index (κ1) is 46.3. The molecule has 0 radical (unpaired) electrons. The summed E-state index contributed by atoms with van der Waals surface area (Å²) in [6.07, 6.45) is 4.43. The second-order valence-corrected chi connectivity index (χ2v) is 22.0. The maximum atomic E-state index is 2.48. The molecule has 0 amide bonds. The molecule has 0 unspecified atom stereocenters. The molecule has 0 bridgehead atoms. The van der Waals surface area contributed by atoms with Crippen molar-refractivity contribution >= 4 is 142 Å². The lowest BCUT2D eigenvalue weighted by molar-refractivity contribution is 1.16. The molecular formula is C78H52N4. The molecule has 17 rings (SSSR count). The summed E-state index contributed by atoms with van der Waals surface area (Å²) in [7, 11) is 0. The van der Waals surface area contributed by atoms with Gasteiger partial charge in [0.05, 0.1) is 33.1 Å². The van der Waals surface area contributed by atoms with Gasteiger partial charge in [-0.1, -0.05) is 188 Å². The zero-order valence-corrected chi connectivity index (χ0v) is 45.3. The van der Waals surface area contributed by atoms with E-state index in [-0.39, 0.29) is 0 Å². The number of anilines is 3. The first-order chi connectivity index (χ1) is 40.6. The Kier molecular flexibility index (Phi) is 10.1. The molecule has 17 aromatic rings. The Morgan fingerprint density at radius 2 is 0.585 bits per heavy atom. The van der Waals surface area contributed by atoms with Gasteiger partial charge in [-0.15, -0.1) is 0 Å². The van der Waals surface area contributed by atoms with Crippen molar-refractivity contribution in [1.82, 2.24) is 13.7 Å². The van der Waals surface area contributed by atoms with Gasteiger partial charge in [0.1, 0.15) is 0 Å². The molecule has 14 aromatic carbocycles. The van der Waals surface area contributed by atoms with Gasteiger partial charge in [0.15, 0.2) is 0 Å². The van der Waals surface area contributed by atoms with E-state index < -0.39 is 0 Å². The summed E-state index contributed by atoms with van der Waals surface area (Å²) >= 11 is 0. The lowest BCUT2D eigenvalue weighted by atomic mass is 9.99. The van der Waals surface area contributed by atoms with E-state index in [0.717, 1.165) is 34.1 Å². The standard InChI is InChI=1S/C78H52N4/c1-3-14-61-49(2)25-46-70-73(61)67-43-26-52-17-6-11-22-64(52)76(67)80(70)58-37-31-55(32-38-58)79(56-33-39-59(40-34-56)81-71-47-29-50-15-4-9-20-62(50)74(71)68-44-27-53-18-7-12-23-65(53)77(68)81)57-35-41-60(42-36-57)82-72-48-30-51-16-5-10-21-63(51)75(72)69-45-28-54-19-8-13-24-66(54)78(69)82/h3-48H,1-2H3/b14-3-. The highest BCUT2D eigenvalue weighted by Crippen LogP contribution is 2.45. The van der Waals surface area contributed by atoms with Crippen molar-refractivity contribution in [2.75, 3.05) is 4.90 Å². The molecule has 3 aromatic heterocycles. The third-order valence-electron chi connectivity index (χ3n) is 17.6. The van der Waals surface area contributed by atoms with Gasteiger partial charge < -0.3 is 18.6 Å². The number of rotatable bonds is 7. The Morgan fingerprint density at radius 1 is 0.280 bits per heavy atom. The van der Waals surface area contributed by atoms with Crippen molar-refractivity contribution in [2.24, 2.45) is 0 Å². The van der Waals surface area contributed by atoms with E-state index in [1.807, 2.05) is 0 Å². The van der Waals surface area contributed by atoms with Crippen molar-refractivity contribution in [2.45, 2.75) is 13.8 Å². The van der Waals surface area contributed by atoms with Crippen LogP contribution in [0.15, 0.2) is 273 Å². The molecule has 82 heavy (non-hydrogen) atoms. The fourth-order valence-corrected chi connectivity index (χ4v) is 14.0. The number of nitrogens with zero attached hydrogens (tertiary/aromatic N) is 4. The molecule has 384 valence electrons. The normalized spacial score (nSPS) is 12.2. The first-order valence-electron chi connectivity index (χ1n) is 28.4. The van der Waals surface area contributed by atoms with E-state index in [0.29, 0.717) is 0 Å². The fraction of sp³-hybridized carbons (Fsp3) is 0.0256. The van der Waals surface area contributed by atoms with Crippen LogP contribution in [0.5, 0.6) is 0 Å². The third-order valence-corrected chi connectivity index (χ3v) is 17.6. The van der Waals surface area contributed by atoms with Crippen LogP contribution >= 0.6 is 0 Å². The number of fused-ring (bicyclic) bond motifs is 19. The van der Waals surface area contributed by atoms with Gasteiger partial charge in [-0.05, 0) is 154 Å². The van der Waals surface area contributed by atoms with E-state index in [1.54, 1.807) is 0 Å². The number of benzene rings is 14. The summed E-state index contributed by atoms with van der Waals surface area (Å²) in [6.45, 7) is 4.33. The highest BCUT2D eigenvalue weighted by Gasteiger charge is 2.23. The predicted octanol–water partition coefficient (Wildman–Crippen LogP) is 21.6. The summed E-state index contributed by atoms with van der Waals surface area (Å²) in [5.74, 6) is 0. The van der Waals surface area contributed by atoms with E-state index >= 15 is 0 Å². The molecular weight excluding hydrogens is 993 g/mol. The largest absolute Gasteiger partial charge is 0.310 e. The van der Waals surface area contributed by atoms with Crippen LogP contribution < -0.4 is 4.90 Å². The van der Waals surface area contributed by atoms with Gasteiger partial charge >= 0.3 is 0 Å². The smallest absolute Gasteiger partial charge is 0.0619 e. The van der Waals surface area contributed by atoms with Crippen molar-refractivity contribution in [3.63, 3.8) is 0 Å². The fourth-order valence-electron chi connectivity index (χ4n) is 14.0. The molecule has 4 nitrogen and oxygen atoms in total. The molecule has 4 heteroatoms. The van der Waals surface area contributed by atoms with Crippen LogP contribution in [0.4, 0.5) is 17.1 Å². The van der Waals surface area contributed by atoms with E-state index in [1.165, 1.54) is 130 Å². The van der Waals surface area contributed by atoms with Crippen molar-refractivity contribution in [3.8, 4) is 17.1 Å². The number of aromatic nitrogens is 3. The van der Waals surface area contributed by atoms with E-state index in [9.17, 15) is 0 Å². The van der Waals surface area contributed by atoms with Crippen molar-refractivity contribution in [3.05, 3.63) is 284 Å². The summed E-state index contributed by atoms with van der Waals surface area (Å²) in [5.41, 5.74) is 16.3. The van der Waals surface area contributed by atoms with Gasteiger partial charge in [0.25, 0.3) is 0 Å². The second-order valence-electron chi connectivity index (χ2n) is 22.0. The first-order valence-corrected chi connectivity index (χ1v) is 28.4. The SMILES string of the molecule is C/C=C\c1c(C)ccc2c1c1ccc3ccccc3c1n2-c1ccc(N(c2ccc(-n3c4ccc5ccccc5c4c4ccc5ccccc5c43)cc2)c2ccc(-n3c4ccc5ccccc5c4c4ccc5ccccc5c43)cc2)cc1. The average molecular weight is 1050 g/mol. The van der Waals surface area contributed by atoms with Gasteiger partial charge in [0, 0.05) is 82.6 Å². The highest BCUT2D eigenvalue weighted by molar-refractivity contribution is 6.28. The van der Waals surface area contributed by atoms with Crippen molar-refractivity contribution in [1.29, 1.82) is 0 Å². The molecule has 0 aliphatic heterocycles. The van der Waals surface area contributed by atoms with Gasteiger partial charge in [-0.2, -0.15) is 0 Å². The molecule has 0 N–H and O–H groups in total. The van der Waals surface area contributed by atoms with Gasteiger partial charge in [-0.25, -0.2) is 0 Å². The number of aryl methyl sites for hydroxylation is 1.